The van der Waals surface area contributed by atoms with E-state index in [1.807, 2.05) is 0 Å². The summed E-state index contributed by atoms with van der Waals surface area (Å²) in [6, 6.07) is 12.8. The Balaban J connectivity index is 1.61. The van der Waals surface area contributed by atoms with Gasteiger partial charge in [-0.3, -0.25) is 4.79 Å². The summed E-state index contributed by atoms with van der Waals surface area (Å²) in [6.45, 7) is -0.260. The Labute approximate surface area is 160 Å². The zero-order valence-corrected chi connectivity index (χ0v) is 14.9. The van der Waals surface area contributed by atoms with Crippen LogP contribution >= 0.6 is 0 Å². The van der Waals surface area contributed by atoms with Crippen LogP contribution in [0.25, 0.3) is 22.3 Å². The average molecular weight is 384 g/mol. The average Bonchev–Trinajstić information content (AvgIpc) is 2.97. The molecule has 3 aromatic rings. The van der Waals surface area contributed by atoms with E-state index in [2.05, 4.69) is 0 Å². The lowest BCUT2D eigenvalue weighted by Crippen LogP contribution is -2.34. The molecule has 1 saturated carbocycles. The third kappa shape index (κ3) is 3.24. The van der Waals surface area contributed by atoms with E-state index in [-0.39, 0.29) is 30.0 Å². The molecule has 0 unspecified atom stereocenters. The number of rotatable bonds is 4. The molecule has 4 rings (SSSR count). The van der Waals surface area contributed by atoms with Crippen LogP contribution in [0, 0.1) is 5.92 Å². The maximum Gasteiger partial charge on any atom is 0.193 e. The number of para-hydroxylation sites is 1. The van der Waals surface area contributed by atoms with Crippen molar-refractivity contribution in [2.24, 2.45) is 5.92 Å². The van der Waals surface area contributed by atoms with Crippen LogP contribution in [0.3, 0.4) is 0 Å². The van der Waals surface area contributed by atoms with Gasteiger partial charge in [0.25, 0.3) is 0 Å². The van der Waals surface area contributed by atoms with Gasteiger partial charge in [0.1, 0.15) is 23.6 Å². The van der Waals surface area contributed by atoms with Gasteiger partial charge in [0.2, 0.25) is 0 Å². The first-order chi connectivity index (χ1) is 13.5. The normalized spacial score (nSPS) is 24.5. The molecule has 1 aliphatic carbocycles. The second-order valence-corrected chi connectivity index (χ2v) is 6.97. The molecule has 1 fully saturated rings. The summed E-state index contributed by atoms with van der Waals surface area (Å²) >= 11 is 0. The van der Waals surface area contributed by atoms with E-state index < -0.39 is 24.2 Å². The molecule has 1 aliphatic rings. The second-order valence-electron chi connectivity index (χ2n) is 6.97. The molecule has 0 aliphatic heterocycles. The fourth-order valence-corrected chi connectivity index (χ4v) is 3.56. The standard InChI is InChI=1S/C21H20O7/c22-10-12-8-19(21(26)20(12)25)28-17-6-5-11(7-15(17)24)18-9-14(23)13-3-1-2-4-16(13)27-18/h1-7,9,12,19-22,24-26H,8,10H2/t12-,19-,20-,21+/m1/s1. The van der Waals surface area contributed by atoms with Gasteiger partial charge in [-0.15, -0.1) is 0 Å². The number of hydrogen-bond donors (Lipinski definition) is 4. The van der Waals surface area contributed by atoms with Crippen LogP contribution in [0.15, 0.2) is 57.7 Å². The molecular formula is C21H20O7. The van der Waals surface area contributed by atoms with Gasteiger partial charge in [-0.25, -0.2) is 0 Å². The third-order valence-electron chi connectivity index (χ3n) is 5.14. The molecule has 4 N–H and O–H groups in total. The lowest BCUT2D eigenvalue weighted by Gasteiger charge is -2.19. The van der Waals surface area contributed by atoms with Crippen LogP contribution in [0.4, 0.5) is 0 Å². The number of fused-ring (bicyclic) bond motifs is 1. The molecule has 146 valence electrons. The van der Waals surface area contributed by atoms with Crippen molar-refractivity contribution in [2.75, 3.05) is 6.61 Å². The molecule has 0 saturated heterocycles. The van der Waals surface area contributed by atoms with Crippen molar-refractivity contribution in [3.63, 3.8) is 0 Å². The molecule has 0 spiro atoms. The van der Waals surface area contributed by atoms with E-state index in [1.165, 1.54) is 18.2 Å². The Morgan fingerprint density at radius 1 is 1.07 bits per heavy atom. The highest BCUT2D eigenvalue weighted by atomic mass is 16.5. The topological polar surface area (TPSA) is 120 Å². The molecular weight excluding hydrogens is 364 g/mol. The van der Waals surface area contributed by atoms with Gasteiger partial charge in [-0.05, 0) is 36.8 Å². The number of phenols is 1. The summed E-state index contributed by atoms with van der Waals surface area (Å²) in [5.74, 6) is -0.236. The zero-order chi connectivity index (χ0) is 19.8. The Kier molecular flexibility index (Phi) is 4.80. The van der Waals surface area contributed by atoms with Gasteiger partial charge in [-0.2, -0.15) is 0 Å². The molecule has 0 radical (unpaired) electrons. The van der Waals surface area contributed by atoms with Gasteiger partial charge < -0.3 is 29.6 Å². The summed E-state index contributed by atoms with van der Waals surface area (Å²) in [5, 5.41) is 40.0. The van der Waals surface area contributed by atoms with Crippen molar-refractivity contribution < 1.29 is 29.6 Å². The van der Waals surface area contributed by atoms with E-state index in [0.29, 0.717) is 22.3 Å². The van der Waals surface area contributed by atoms with Crippen molar-refractivity contribution in [1.29, 1.82) is 0 Å². The van der Waals surface area contributed by atoms with Crippen molar-refractivity contribution in [3.05, 3.63) is 58.8 Å². The van der Waals surface area contributed by atoms with E-state index >= 15 is 0 Å². The van der Waals surface area contributed by atoms with E-state index in [0.717, 1.165) is 0 Å². The van der Waals surface area contributed by atoms with Crippen molar-refractivity contribution in [1.82, 2.24) is 0 Å². The first-order valence-electron chi connectivity index (χ1n) is 8.98. The van der Waals surface area contributed by atoms with Crippen LogP contribution in [0.2, 0.25) is 0 Å². The zero-order valence-electron chi connectivity index (χ0n) is 14.9. The lowest BCUT2D eigenvalue weighted by molar-refractivity contribution is -0.0239. The van der Waals surface area contributed by atoms with Gasteiger partial charge in [-0.1, -0.05) is 12.1 Å². The summed E-state index contributed by atoms with van der Waals surface area (Å²) in [6.07, 6.45) is -2.72. The molecule has 4 atom stereocenters. The quantitative estimate of drug-likeness (QED) is 0.540. The lowest BCUT2D eigenvalue weighted by atomic mass is 10.1. The summed E-state index contributed by atoms with van der Waals surface area (Å²) < 4.78 is 11.4. The number of aromatic hydroxyl groups is 1. The highest BCUT2D eigenvalue weighted by Gasteiger charge is 2.42. The van der Waals surface area contributed by atoms with E-state index in [9.17, 15) is 25.2 Å². The highest BCUT2D eigenvalue weighted by molar-refractivity contribution is 5.78. The third-order valence-corrected chi connectivity index (χ3v) is 5.14. The van der Waals surface area contributed by atoms with Crippen molar-refractivity contribution in [2.45, 2.75) is 24.7 Å². The number of phenolic OH excluding ortho intramolecular Hbond substituents is 1. The van der Waals surface area contributed by atoms with Gasteiger partial charge in [0.05, 0.1) is 11.5 Å². The van der Waals surface area contributed by atoms with Crippen molar-refractivity contribution >= 4 is 11.0 Å². The Morgan fingerprint density at radius 3 is 2.57 bits per heavy atom. The minimum Gasteiger partial charge on any atom is -0.504 e. The first kappa shape index (κ1) is 18.5. The number of aliphatic hydroxyl groups is 3. The summed E-state index contributed by atoms with van der Waals surface area (Å²) in [5.41, 5.74) is 0.755. The maximum atomic E-state index is 12.3. The van der Waals surface area contributed by atoms with E-state index in [1.54, 1.807) is 30.3 Å². The minimum atomic E-state index is -1.16. The van der Waals surface area contributed by atoms with Crippen molar-refractivity contribution in [3.8, 4) is 22.8 Å². The SMILES string of the molecule is O=c1cc(-c2ccc(O[C@@H]3C[C@H](CO)[C@@H](O)[C@H]3O)c(O)c2)oc2ccccc12. The van der Waals surface area contributed by atoms with Crippen LogP contribution in [0.1, 0.15) is 6.42 Å². The Bertz CT molecular complexity index is 1060. The van der Waals surface area contributed by atoms with Crippen LogP contribution in [-0.4, -0.2) is 45.3 Å². The molecule has 1 aromatic heterocycles. The van der Waals surface area contributed by atoms with Gasteiger partial charge in [0, 0.05) is 24.2 Å². The molecule has 1 heterocycles. The fourth-order valence-electron chi connectivity index (χ4n) is 3.56. The van der Waals surface area contributed by atoms with Gasteiger partial charge in [0.15, 0.2) is 16.9 Å². The Hall–Kier alpha value is -2.87. The predicted molar refractivity (Wildman–Crippen MR) is 101 cm³/mol. The molecule has 2 aromatic carbocycles. The van der Waals surface area contributed by atoms with E-state index in [4.69, 9.17) is 9.15 Å². The van der Waals surface area contributed by atoms with Crippen LogP contribution in [-0.2, 0) is 0 Å². The number of hydrogen-bond acceptors (Lipinski definition) is 7. The Morgan fingerprint density at radius 2 is 1.86 bits per heavy atom. The fraction of sp³-hybridized carbons (Fsp3) is 0.286. The molecule has 7 nitrogen and oxygen atoms in total. The summed E-state index contributed by atoms with van der Waals surface area (Å²) in [7, 11) is 0. The minimum absolute atomic E-state index is 0.127. The molecule has 0 amide bonds. The number of ether oxygens (including phenoxy) is 1. The maximum absolute atomic E-state index is 12.3. The molecule has 0 bridgehead atoms. The number of aliphatic hydroxyl groups excluding tert-OH is 3. The summed E-state index contributed by atoms with van der Waals surface area (Å²) in [4.78, 5) is 12.3. The molecule has 7 heteroatoms. The smallest absolute Gasteiger partial charge is 0.193 e. The van der Waals surface area contributed by atoms with Crippen LogP contribution < -0.4 is 10.2 Å². The monoisotopic (exact) mass is 384 g/mol. The van der Waals surface area contributed by atoms with Gasteiger partial charge >= 0.3 is 0 Å². The second kappa shape index (κ2) is 7.27. The molecule has 28 heavy (non-hydrogen) atoms. The highest BCUT2D eigenvalue weighted by Crippen LogP contribution is 2.36. The van der Waals surface area contributed by atoms with Crippen LogP contribution in [0.5, 0.6) is 11.5 Å². The predicted octanol–water partition coefficient (Wildman–Crippen LogP) is 1.65. The largest absolute Gasteiger partial charge is 0.504 e. The number of benzene rings is 2. The first-order valence-corrected chi connectivity index (χ1v) is 8.98.